The molecule has 0 aromatic carbocycles. The second kappa shape index (κ2) is 32.3. The summed E-state index contributed by atoms with van der Waals surface area (Å²) < 4.78 is 0. The molecule has 0 fully saturated rings. The Hall–Kier alpha value is -0.650. The molecular formula is C36H73NO4. The van der Waals surface area contributed by atoms with Gasteiger partial charge in [-0.05, 0) is 12.8 Å². The van der Waals surface area contributed by atoms with Crippen molar-refractivity contribution in [1.29, 1.82) is 0 Å². The van der Waals surface area contributed by atoms with Crippen LogP contribution in [0.15, 0.2) is 0 Å². The Morgan fingerprint density at radius 1 is 0.512 bits per heavy atom. The van der Waals surface area contributed by atoms with E-state index in [2.05, 4.69) is 19.2 Å². The lowest BCUT2D eigenvalue weighted by Crippen LogP contribution is -2.50. The highest BCUT2D eigenvalue weighted by atomic mass is 16.3. The molecule has 1 amide bonds. The summed E-state index contributed by atoms with van der Waals surface area (Å²) in [6.07, 6.45) is 33.6. The summed E-state index contributed by atoms with van der Waals surface area (Å²) in [5, 5.41) is 33.1. The molecule has 0 aromatic rings. The fourth-order valence-electron chi connectivity index (χ4n) is 5.81. The molecule has 4 N–H and O–H groups in total. The van der Waals surface area contributed by atoms with E-state index in [-0.39, 0.29) is 12.5 Å². The summed E-state index contributed by atoms with van der Waals surface area (Å²) in [5.41, 5.74) is 0. The molecule has 41 heavy (non-hydrogen) atoms. The topological polar surface area (TPSA) is 89.8 Å². The maximum Gasteiger partial charge on any atom is 0.220 e. The number of carbonyl (C=O) groups is 1. The van der Waals surface area contributed by atoms with Crippen LogP contribution < -0.4 is 5.32 Å². The molecule has 0 aliphatic heterocycles. The highest BCUT2D eigenvalue weighted by molar-refractivity contribution is 5.76. The van der Waals surface area contributed by atoms with Crippen LogP contribution in [-0.2, 0) is 4.79 Å². The molecule has 0 saturated carbocycles. The van der Waals surface area contributed by atoms with Crippen LogP contribution in [0.1, 0.15) is 200 Å². The van der Waals surface area contributed by atoms with Crippen LogP contribution in [-0.4, -0.2) is 46.1 Å². The van der Waals surface area contributed by atoms with Gasteiger partial charge in [-0.15, -0.1) is 0 Å². The second-order valence-electron chi connectivity index (χ2n) is 12.8. The van der Waals surface area contributed by atoms with Gasteiger partial charge >= 0.3 is 0 Å². The molecule has 5 nitrogen and oxygen atoms in total. The normalized spacial score (nSPS) is 13.8. The van der Waals surface area contributed by atoms with E-state index in [0.717, 1.165) is 38.5 Å². The predicted molar refractivity (Wildman–Crippen MR) is 176 cm³/mol. The number of hydrogen-bond donors (Lipinski definition) is 4. The van der Waals surface area contributed by atoms with Crippen LogP contribution in [0.2, 0.25) is 0 Å². The fourth-order valence-corrected chi connectivity index (χ4v) is 5.81. The highest BCUT2D eigenvalue weighted by Crippen LogP contribution is 2.16. The number of carbonyl (C=O) groups excluding carboxylic acids is 1. The van der Waals surface area contributed by atoms with Gasteiger partial charge in [-0.1, -0.05) is 181 Å². The number of rotatable bonds is 33. The number of aliphatic hydroxyl groups excluding tert-OH is 3. The van der Waals surface area contributed by atoms with Crippen molar-refractivity contribution in [2.45, 2.75) is 218 Å². The average molecular weight is 584 g/mol. The van der Waals surface area contributed by atoms with E-state index in [9.17, 15) is 20.1 Å². The molecule has 0 aliphatic rings. The lowest BCUT2D eigenvalue weighted by molar-refractivity contribution is -0.124. The summed E-state index contributed by atoms with van der Waals surface area (Å²) in [5.74, 6) is -0.145. The lowest BCUT2D eigenvalue weighted by atomic mass is 9.99. The van der Waals surface area contributed by atoms with Crippen LogP contribution in [0.4, 0.5) is 0 Å². The molecule has 0 rings (SSSR count). The van der Waals surface area contributed by atoms with Gasteiger partial charge in [-0.3, -0.25) is 4.79 Å². The van der Waals surface area contributed by atoms with Crippen LogP contribution >= 0.6 is 0 Å². The maximum absolute atomic E-state index is 12.3. The predicted octanol–water partition coefficient (Wildman–Crippen LogP) is 9.54. The third-order valence-electron chi connectivity index (χ3n) is 8.71. The first-order valence-corrected chi connectivity index (χ1v) is 18.3. The van der Waals surface area contributed by atoms with Crippen molar-refractivity contribution in [3.8, 4) is 0 Å². The van der Waals surface area contributed by atoms with Gasteiger partial charge in [0.05, 0.1) is 18.8 Å². The van der Waals surface area contributed by atoms with E-state index in [1.54, 1.807) is 0 Å². The van der Waals surface area contributed by atoms with Gasteiger partial charge in [0.25, 0.3) is 0 Å². The molecule has 0 heterocycles. The van der Waals surface area contributed by atoms with E-state index in [4.69, 9.17) is 0 Å². The van der Waals surface area contributed by atoms with Crippen molar-refractivity contribution in [2.75, 3.05) is 6.61 Å². The van der Waals surface area contributed by atoms with Crippen LogP contribution in [0, 0.1) is 0 Å². The Bertz CT molecular complexity index is 530. The van der Waals surface area contributed by atoms with E-state index in [1.165, 1.54) is 135 Å². The minimum absolute atomic E-state index is 0.145. The van der Waals surface area contributed by atoms with Gasteiger partial charge in [0.15, 0.2) is 0 Å². The molecule has 246 valence electrons. The summed E-state index contributed by atoms with van der Waals surface area (Å²) in [6.45, 7) is 4.13. The molecule has 0 spiro atoms. The van der Waals surface area contributed by atoms with Crippen molar-refractivity contribution in [3.63, 3.8) is 0 Å². The first kappa shape index (κ1) is 40.4. The summed E-state index contributed by atoms with van der Waals surface area (Å²) in [6, 6.07) is -0.799. The Labute approximate surface area is 256 Å². The van der Waals surface area contributed by atoms with Gasteiger partial charge in [0.1, 0.15) is 6.10 Å². The second-order valence-corrected chi connectivity index (χ2v) is 12.8. The largest absolute Gasteiger partial charge is 0.394 e. The summed E-state index contributed by atoms with van der Waals surface area (Å²) in [7, 11) is 0. The SMILES string of the molecule is CCCCCCCCCCCCCCCCCCCCCCC(=O)N[C@H](CO)[C@H](O)[C@H](O)CCCCCCCCC. The van der Waals surface area contributed by atoms with E-state index in [0.29, 0.717) is 12.8 Å². The highest BCUT2D eigenvalue weighted by Gasteiger charge is 2.26. The molecule has 0 radical (unpaired) electrons. The quantitative estimate of drug-likeness (QED) is 0.0579. The maximum atomic E-state index is 12.3. The van der Waals surface area contributed by atoms with Crippen LogP contribution in [0.5, 0.6) is 0 Å². The molecule has 0 aliphatic carbocycles. The van der Waals surface area contributed by atoms with Gasteiger partial charge in [-0.25, -0.2) is 0 Å². The number of amides is 1. The Morgan fingerprint density at radius 3 is 1.17 bits per heavy atom. The third-order valence-corrected chi connectivity index (χ3v) is 8.71. The molecule has 0 bridgehead atoms. The smallest absolute Gasteiger partial charge is 0.220 e. The summed E-state index contributed by atoms with van der Waals surface area (Å²) >= 11 is 0. The van der Waals surface area contributed by atoms with E-state index in [1.807, 2.05) is 0 Å². The number of aliphatic hydroxyl groups is 3. The van der Waals surface area contributed by atoms with E-state index >= 15 is 0 Å². The zero-order chi connectivity index (χ0) is 30.2. The number of hydrogen-bond acceptors (Lipinski definition) is 4. The molecule has 0 aromatic heterocycles. The van der Waals surface area contributed by atoms with E-state index < -0.39 is 18.2 Å². The Balaban J connectivity index is 3.55. The zero-order valence-electron chi connectivity index (χ0n) is 27.7. The fraction of sp³-hybridized carbons (Fsp3) is 0.972. The van der Waals surface area contributed by atoms with Crippen molar-refractivity contribution in [3.05, 3.63) is 0 Å². The Kier molecular flexibility index (Phi) is 31.8. The third kappa shape index (κ3) is 27.9. The first-order chi connectivity index (χ1) is 20.1. The van der Waals surface area contributed by atoms with Crippen LogP contribution in [0.25, 0.3) is 0 Å². The van der Waals surface area contributed by atoms with Crippen LogP contribution in [0.3, 0.4) is 0 Å². The monoisotopic (exact) mass is 584 g/mol. The van der Waals surface area contributed by atoms with Gasteiger partial charge in [0, 0.05) is 6.42 Å². The minimum atomic E-state index is -1.13. The van der Waals surface area contributed by atoms with Crippen molar-refractivity contribution < 1.29 is 20.1 Å². The minimum Gasteiger partial charge on any atom is -0.394 e. The standard InChI is InChI=1S/C36H73NO4/c1-3-5-7-9-11-12-13-14-15-16-17-18-19-20-21-22-23-25-27-29-31-35(40)37-33(32-38)36(41)34(39)30-28-26-24-10-8-6-4-2/h33-34,36,38-39,41H,3-32H2,1-2H3,(H,37,40)/t33-,34-,36+/m1/s1. The van der Waals surface area contributed by atoms with Crippen molar-refractivity contribution >= 4 is 5.91 Å². The zero-order valence-corrected chi connectivity index (χ0v) is 27.7. The molecular weight excluding hydrogens is 510 g/mol. The molecule has 5 heteroatoms. The van der Waals surface area contributed by atoms with Crippen molar-refractivity contribution in [2.24, 2.45) is 0 Å². The molecule has 0 saturated heterocycles. The lowest BCUT2D eigenvalue weighted by Gasteiger charge is -2.26. The van der Waals surface area contributed by atoms with Gasteiger partial charge in [0.2, 0.25) is 5.91 Å². The van der Waals surface area contributed by atoms with Crippen molar-refractivity contribution in [1.82, 2.24) is 5.32 Å². The summed E-state index contributed by atoms with van der Waals surface area (Å²) in [4.78, 5) is 12.3. The molecule has 0 unspecified atom stereocenters. The van der Waals surface area contributed by atoms with Gasteiger partial charge in [-0.2, -0.15) is 0 Å². The van der Waals surface area contributed by atoms with Gasteiger partial charge < -0.3 is 20.6 Å². The number of nitrogens with one attached hydrogen (secondary N) is 1. The average Bonchev–Trinajstić information content (AvgIpc) is 2.97. The number of unbranched alkanes of at least 4 members (excludes halogenated alkanes) is 25. The Morgan fingerprint density at radius 2 is 0.829 bits per heavy atom. The molecule has 3 atom stereocenters. The first-order valence-electron chi connectivity index (χ1n) is 18.3.